The maximum absolute atomic E-state index is 13.0. The third kappa shape index (κ3) is 3.66. The van der Waals surface area contributed by atoms with Crippen molar-refractivity contribution in [3.8, 4) is 0 Å². The first-order valence-electron chi connectivity index (χ1n) is 7.67. The van der Waals surface area contributed by atoms with Crippen molar-refractivity contribution < 1.29 is 13.2 Å². The summed E-state index contributed by atoms with van der Waals surface area (Å²) >= 11 is 0. The highest BCUT2D eigenvalue weighted by molar-refractivity contribution is 5.44. The van der Waals surface area contributed by atoms with Gasteiger partial charge in [0.05, 0.1) is 0 Å². The zero-order chi connectivity index (χ0) is 16.6. The van der Waals surface area contributed by atoms with Crippen LogP contribution in [0.5, 0.6) is 0 Å². The summed E-state index contributed by atoms with van der Waals surface area (Å²) in [4.78, 5) is 14.1. The van der Waals surface area contributed by atoms with Gasteiger partial charge in [0, 0.05) is 65.5 Å². The molecule has 0 radical (unpaired) electrons. The van der Waals surface area contributed by atoms with Gasteiger partial charge >= 0.3 is 6.18 Å². The molecule has 1 aromatic rings. The van der Waals surface area contributed by atoms with E-state index in [2.05, 4.69) is 25.1 Å². The lowest BCUT2D eigenvalue weighted by molar-refractivity contribution is -0.141. The molecule has 9 heteroatoms. The molecule has 4 rings (SSSR count). The minimum atomic E-state index is -4.48. The van der Waals surface area contributed by atoms with Crippen LogP contribution >= 0.6 is 0 Å². The number of fused-ring (bicyclic) bond motifs is 3. The Hall–Kier alpha value is -1.61. The van der Waals surface area contributed by atoms with E-state index in [1.807, 2.05) is 0 Å². The average Bonchev–Trinajstić information content (AvgIpc) is 2.53. The molecule has 0 aliphatic carbocycles. The van der Waals surface area contributed by atoms with Gasteiger partial charge in [-0.3, -0.25) is 9.80 Å². The molecule has 3 aliphatic rings. The number of hydrogen-bond donors (Lipinski definition) is 1. The minimum absolute atomic E-state index is 0.0289. The van der Waals surface area contributed by atoms with Crippen LogP contribution in [-0.4, -0.2) is 79.2 Å². The van der Waals surface area contributed by atoms with Gasteiger partial charge in [-0.05, 0) is 0 Å². The highest BCUT2D eigenvalue weighted by Crippen LogP contribution is 2.30. The number of aromatic nitrogens is 2. The number of halogens is 3. The van der Waals surface area contributed by atoms with Gasteiger partial charge in [-0.15, -0.1) is 0 Å². The maximum Gasteiger partial charge on any atom is 0.433 e. The van der Waals surface area contributed by atoms with E-state index in [-0.39, 0.29) is 11.8 Å². The fraction of sp³-hybridized carbons (Fsp3) is 0.714. The lowest BCUT2D eigenvalue weighted by Gasteiger charge is -2.47. The number of rotatable bonds is 4. The first kappa shape index (κ1) is 16.3. The lowest BCUT2D eigenvalue weighted by atomic mass is 10.1. The van der Waals surface area contributed by atoms with Crippen molar-refractivity contribution in [1.29, 1.82) is 0 Å². The standard InChI is InChI=1S/C14H21F3N6/c1-21(2)12-7-11(14(15,16)17)19-13(20-12)18-8-10-9-22-3-5-23(10)6-4-22/h7,10H,3-6,8-9H2,1-2H3,(H,18,19,20). The molecule has 4 heterocycles. The molecule has 1 atom stereocenters. The molecular weight excluding hydrogens is 309 g/mol. The molecule has 1 N–H and O–H groups in total. The average molecular weight is 330 g/mol. The third-order valence-corrected chi connectivity index (χ3v) is 4.35. The van der Waals surface area contributed by atoms with Crippen molar-refractivity contribution in [3.63, 3.8) is 0 Å². The minimum Gasteiger partial charge on any atom is -0.363 e. The number of nitrogens with zero attached hydrogens (tertiary/aromatic N) is 5. The molecule has 0 amide bonds. The van der Waals surface area contributed by atoms with Gasteiger partial charge in [0.2, 0.25) is 5.95 Å². The third-order valence-electron chi connectivity index (χ3n) is 4.35. The molecule has 23 heavy (non-hydrogen) atoms. The molecule has 2 bridgehead atoms. The topological polar surface area (TPSA) is 47.5 Å². The molecule has 3 saturated heterocycles. The van der Waals surface area contributed by atoms with Gasteiger partial charge in [0.25, 0.3) is 0 Å². The van der Waals surface area contributed by atoms with Crippen molar-refractivity contribution in [2.24, 2.45) is 0 Å². The van der Waals surface area contributed by atoms with E-state index in [1.165, 1.54) is 0 Å². The summed E-state index contributed by atoms with van der Waals surface area (Å²) in [6.07, 6.45) is -4.48. The zero-order valence-electron chi connectivity index (χ0n) is 13.3. The number of piperazine rings is 3. The highest BCUT2D eigenvalue weighted by atomic mass is 19.4. The van der Waals surface area contributed by atoms with Crippen LogP contribution in [0.2, 0.25) is 0 Å². The zero-order valence-corrected chi connectivity index (χ0v) is 13.3. The predicted octanol–water partition coefficient (Wildman–Crippen LogP) is 0.973. The monoisotopic (exact) mass is 330 g/mol. The Kier molecular flexibility index (Phi) is 4.33. The van der Waals surface area contributed by atoms with Gasteiger partial charge in [0.15, 0.2) is 5.69 Å². The summed E-state index contributed by atoms with van der Waals surface area (Å²) in [6, 6.07) is 1.25. The quantitative estimate of drug-likeness (QED) is 0.888. The van der Waals surface area contributed by atoms with E-state index in [4.69, 9.17) is 0 Å². The molecule has 0 spiro atoms. The summed E-state index contributed by atoms with van der Waals surface area (Å²) in [5.74, 6) is 0.269. The second-order valence-electron chi connectivity index (χ2n) is 6.20. The molecule has 6 nitrogen and oxygen atoms in total. The fourth-order valence-corrected chi connectivity index (χ4v) is 3.02. The molecule has 0 aromatic carbocycles. The van der Waals surface area contributed by atoms with Gasteiger partial charge < -0.3 is 10.2 Å². The number of nitrogens with one attached hydrogen (secondary N) is 1. The molecule has 128 valence electrons. The predicted molar refractivity (Wildman–Crippen MR) is 81.7 cm³/mol. The van der Waals surface area contributed by atoms with Gasteiger partial charge in [-0.25, -0.2) is 4.98 Å². The summed E-state index contributed by atoms with van der Waals surface area (Å²) in [6.45, 7) is 5.65. The second kappa shape index (κ2) is 6.12. The van der Waals surface area contributed by atoms with Crippen LogP contribution in [-0.2, 0) is 6.18 Å². The first-order chi connectivity index (χ1) is 10.8. The van der Waals surface area contributed by atoms with Gasteiger partial charge in [0.1, 0.15) is 5.82 Å². The van der Waals surface area contributed by atoms with Crippen molar-refractivity contribution in [1.82, 2.24) is 19.8 Å². The van der Waals surface area contributed by atoms with E-state index >= 15 is 0 Å². The van der Waals surface area contributed by atoms with Crippen molar-refractivity contribution in [2.45, 2.75) is 12.2 Å². The highest BCUT2D eigenvalue weighted by Gasteiger charge is 2.35. The van der Waals surface area contributed by atoms with Crippen LogP contribution in [0.25, 0.3) is 0 Å². The van der Waals surface area contributed by atoms with Crippen LogP contribution in [0.1, 0.15) is 5.69 Å². The molecular formula is C14H21F3N6. The number of hydrogen-bond acceptors (Lipinski definition) is 6. The Bertz CT molecular complexity index is 554. The van der Waals surface area contributed by atoms with Crippen LogP contribution in [0.3, 0.4) is 0 Å². The molecule has 0 saturated carbocycles. The van der Waals surface area contributed by atoms with Crippen LogP contribution in [0.4, 0.5) is 24.9 Å². The maximum atomic E-state index is 13.0. The van der Waals surface area contributed by atoms with E-state index in [1.54, 1.807) is 19.0 Å². The van der Waals surface area contributed by atoms with E-state index < -0.39 is 11.9 Å². The summed E-state index contributed by atoms with van der Waals surface area (Å²) in [7, 11) is 3.32. The van der Waals surface area contributed by atoms with Crippen molar-refractivity contribution >= 4 is 11.8 Å². The summed E-state index contributed by atoms with van der Waals surface area (Å²) < 4.78 is 38.9. The molecule has 3 fully saturated rings. The molecule has 3 aliphatic heterocycles. The Balaban J connectivity index is 1.73. The number of alkyl halides is 3. The number of anilines is 2. The second-order valence-corrected chi connectivity index (χ2v) is 6.20. The molecule has 1 unspecified atom stereocenters. The Morgan fingerprint density at radius 3 is 2.43 bits per heavy atom. The Labute approximate surface area is 133 Å². The van der Waals surface area contributed by atoms with Crippen LogP contribution in [0.15, 0.2) is 6.07 Å². The van der Waals surface area contributed by atoms with E-state index in [0.29, 0.717) is 12.6 Å². The van der Waals surface area contributed by atoms with E-state index in [9.17, 15) is 13.2 Å². The summed E-state index contributed by atoms with van der Waals surface area (Å²) in [5, 5.41) is 2.99. The van der Waals surface area contributed by atoms with Crippen molar-refractivity contribution in [3.05, 3.63) is 11.8 Å². The largest absolute Gasteiger partial charge is 0.433 e. The van der Waals surface area contributed by atoms with Crippen molar-refractivity contribution in [2.75, 3.05) is 63.6 Å². The SMILES string of the molecule is CN(C)c1cc(C(F)(F)F)nc(NCC2CN3CCN2CC3)n1. The van der Waals surface area contributed by atoms with Crippen LogP contribution < -0.4 is 10.2 Å². The van der Waals surface area contributed by atoms with Gasteiger partial charge in [-0.1, -0.05) is 0 Å². The first-order valence-corrected chi connectivity index (χ1v) is 7.67. The van der Waals surface area contributed by atoms with E-state index in [0.717, 1.165) is 38.8 Å². The molecule has 1 aromatic heterocycles. The van der Waals surface area contributed by atoms with Crippen LogP contribution in [0, 0.1) is 0 Å². The Morgan fingerprint density at radius 1 is 1.22 bits per heavy atom. The fourth-order valence-electron chi connectivity index (χ4n) is 3.02. The normalized spacial score (nSPS) is 27.1. The smallest absolute Gasteiger partial charge is 0.363 e. The van der Waals surface area contributed by atoms with Gasteiger partial charge in [-0.2, -0.15) is 18.2 Å². The lowest BCUT2D eigenvalue weighted by Crippen LogP contribution is -2.62. The summed E-state index contributed by atoms with van der Waals surface area (Å²) in [5.41, 5.74) is -0.923. The Morgan fingerprint density at radius 2 is 1.91 bits per heavy atom.